The van der Waals surface area contributed by atoms with Gasteiger partial charge >= 0.3 is 0 Å². The fraction of sp³-hybridized carbons (Fsp3) is 0.176. The van der Waals surface area contributed by atoms with Crippen molar-refractivity contribution < 1.29 is 24.1 Å². The van der Waals surface area contributed by atoms with Crippen LogP contribution in [0.4, 0.5) is 14.6 Å². The Labute approximate surface area is 141 Å². The van der Waals surface area contributed by atoms with Crippen LogP contribution in [0.1, 0.15) is 0 Å². The summed E-state index contributed by atoms with van der Waals surface area (Å²) in [5.41, 5.74) is 0.213. The minimum Gasteiger partial charge on any atom is -0.507 e. The number of phenols is 1. The van der Waals surface area contributed by atoms with Crippen molar-refractivity contribution in [2.45, 2.75) is 6.10 Å². The lowest BCUT2D eigenvalue weighted by molar-refractivity contribution is 0.105. The Kier molecular flexibility index (Phi) is 4.73. The highest BCUT2D eigenvalue weighted by atomic mass is 19.2. The zero-order valence-electron chi connectivity index (χ0n) is 12.9. The van der Waals surface area contributed by atoms with E-state index in [0.29, 0.717) is 22.7 Å². The Morgan fingerprint density at radius 2 is 1.72 bits per heavy atom. The lowest BCUT2D eigenvalue weighted by Crippen LogP contribution is -2.23. The average molecular weight is 347 g/mol. The smallest absolute Gasteiger partial charge is 0.162 e. The molecule has 2 aromatic carbocycles. The number of nitrogens with zero attached hydrogens (tertiary/aromatic N) is 2. The third-order valence-corrected chi connectivity index (χ3v) is 3.70. The second-order valence-corrected chi connectivity index (χ2v) is 5.44. The van der Waals surface area contributed by atoms with E-state index in [0.717, 1.165) is 6.07 Å². The minimum absolute atomic E-state index is 0.0181. The van der Waals surface area contributed by atoms with Crippen LogP contribution in [0.15, 0.2) is 36.4 Å². The van der Waals surface area contributed by atoms with Crippen LogP contribution >= 0.6 is 0 Å². The van der Waals surface area contributed by atoms with Crippen molar-refractivity contribution in [2.24, 2.45) is 0 Å². The average Bonchev–Trinajstić information content (AvgIpc) is 2.62. The number of fused-ring (bicyclic) bond motifs is 1. The molecule has 25 heavy (non-hydrogen) atoms. The first kappa shape index (κ1) is 17.0. The number of halogens is 2. The van der Waals surface area contributed by atoms with Gasteiger partial charge in [-0.15, -0.1) is 10.2 Å². The number of aromatic nitrogens is 2. The van der Waals surface area contributed by atoms with Gasteiger partial charge in [0.15, 0.2) is 17.5 Å². The van der Waals surface area contributed by atoms with Crippen LogP contribution in [-0.4, -0.2) is 44.8 Å². The first-order chi connectivity index (χ1) is 12.0. The van der Waals surface area contributed by atoms with Gasteiger partial charge in [0.2, 0.25) is 0 Å². The van der Waals surface area contributed by atoms with E-state index in [-0.39, 0.29) is 17.8 Å². The Bertz CT molecular complexity index is 921. The van der Waals surface area contributed by atoms with E-state index in [1.807, 2.05) is 0 Å². The summed E-state index contributed by atoms with van der Waals surface area (Å²) in [6, 6.07) is 8.48. The number of phenolic OH excluding ortho intramolecular Hbond substituents is 1. The molecule has 0 radical (unpaired) electrons. The number of aliphatic hydroxyl groups is 2. The largest absolute Gasteiger partial charge is 0.507 e. The molecule has 1 heterocycles. The number of nitrogens with one attached hydrogen (secondary N) is 1. The van der Waals surface area contributed by atoms with Gasteiger partial charge in [0, 0.05) is 28.9 Å². The number of benzene rings is 2. The molecule has 0 saturated carbocycles. The van der Waals surface area contributed by atoms with Gasteiger partial charge in [-0.05, 0) is 6.07 Å². The molecule has 0 aliphatic carbocycles. The molecule has 3 rings (SSSR count). The maximum absolute atomic E-state index is 13.6. The standard InChI is InChI=1S/C17H15F2N3O3/c18-13-5-12(15(25)6-14(13)19)16-10-3-1-2-4-11(10)17(22-21-16)20-7-9(24)8-23/h1-6,9,23-25H,7-8H2,(H,20,22)/t9-/m0/s1. The lowest BCUT2D eigenvalue weighted by Gasteiger charge is -2.13. The fourth-order valence-corrected chi connectivity index (χ4v) is 2.44. The van der Waals surface area contributed by atoms with Gasteiger partial charge in [0.25, 0.3) is 0 Å². The monoisotopic (exact) mass is 347 g/mol. The van der Waals surface area contributed by atoms with Gasteiger partial charge in [-0.1, -0.05) is 24.3 Å². The highest BCUT2D eigenvalue weighted by Crippen LogP contribution is 2.35. The van der Waals surface area contributed by atoms with Crippen LogP contribution in [0.5, 0.6) is 5.75 Å². The van der Waals surface area contributed by atoms with Crippen LogP contribution in [-0.2, 0) is 0 Å². The first-order valence-corrected chi connectivity index (χ1v) is 7.48. The number of aliphatic hydroxyl groups excluding tert-OH is 2. The Morgan fingerprint density at radius 1 is 1.04 bits per heavy atom. The molecule has 0 aliphatic heterocycles. The Hall–Kier alpha value is -2.84. The normalized spacial score (nSPS) is 12.3. The van der Waals surface area contributed by atoms with Crippen molar-refractivity contribution in [3.8, 4) is 17.0 Å². The van der Waals surface area contributed by atoms with E-state index >= 15 is 0 Å². The molecule has 3 aromatic rings. The van der Waals surface area contributed by atoms with E-state index in [1.165, 1.54) is 0 Å². The van der Waals surface area contributed by atoms with E-state index < -0.39 is 30.1 Å². The van der Waals surface area contributed by atoms with Gasteiger partial charge < -0.3 is 20.6 Å². The summed E-state index contributed by atoms with van der Waals surface area (Å²) in [5, 5.41) is 40.3. The van der Waals surface area contributed by atoms with Gasteiger partial charge in [-0.2, -0.15) is 0 Å². The van der Waals surface area contributed by atoms with Crippen molar-refractivity contribution in [3.63, 3.8) is 0 Å². The molecule has 0 aliphatic rings. The minimum atomic E-state index is -1.16. The summed E-state index contributed by atoms with van der Waals surface area (Å²) in [6.45, 7) is -0.343. The summed E-state index contributed by atoms with van der Waals surface area (Å²) in [4.78, 5) is 0. The summed E-state index contributed by atoms with van der Waals surface area (Å²) in [6.07, 6.45) is -0.963. The fourth-order valence-electron chi connectivity index (χ4n) is 2.44. The van der Waals surface area contributed by atoms with Crippen LogP contribution in [0, 0.1) is 11.6 Å². The van der Waals surface area contributed by atoms with Crippen LogP contribution < -0.4 is 5.32 Å². The number of hydrogen-bond acceptors (Lipinski definition) is 6. The highest BCUT2D eigenvalue weighted by Gasteiger charge is 2.17. The molecule has 8 heteroatoms. The first-order valence-electron chi connectivity index (χ1n) is 7.48. The van der Waals surface area contributed by atoms with Gasteiger partial charge in [0.1, 0.15) is 11.4 Å². The van der Waals surface area contributed by atoms with Crippen molar-refractivity contribution in [2.75, 3.05) is 18.5 Å². The number of rotatable bonds is 5. The summed E-state index contributed by atoms with van der Waals surface area (Å²) in [5.74, 6) is -2.36. The number of anilines is 1. The van der Waals surface area contributed by atoms with Gasteiger partial charge in [0.05, 0.1) is 12.7 Å². The van der Waals surface area contributed by atoms with E-state index in [4.69, 9.17) is 5.11 Å². The van der Waals surface area contributed by atoms with Crippen molar-refractivity contribution in [1.29, 1.82) is 0 Å². The molecule has 0 amide bonds. The molecule has 0 unspecified atom stereocenters. The molecule has 6 nitrogen and oxygen atoms in total. The summed E-state index contributed by atoms with van der Waals surface area (Å²) < 4.78 is 26.8. The Morgan fingerprint density at radius 3 is 2.44 bits per heavy atom. The third kappa shape index (κ3) is 3.35. The predicted molar refractivity (Wildman–Crippen MR) is 88.1 cm³/mol. The van der Waals surface area contributed by atoms with Crippen molar-refractivity contribution >= 4 is 16.6 Å². The van der Waals surface area contributed by atoms with Crippen LogP contribution in [0.25, 0.3) is 22.0 Å². The SMILES string of the molecule is OC[C@@H](O)CNc1nnc(-c2cc(F)c(F)cc2O)c2ccccc12. The third-order valence-electron chi connectivity index (χ3n) is 3.70. The maximum Gasteiger partial charge on any atom is 0.162 e. The van der Waals surface area contributed by atoms with Gasteiger partial charge in [-0.25, -0.2) is 8.78 Å². The van der Waals surface area contributed by atoms with Crippen LogP contribution in [0.3, 0.4) is 0 Å². The molecule has 1 atom stereocenters. The molecular formula is C17H15F2N3O3. The predicted octanol–water partition coefficient (Wildman–Crippen LogP) is 2.05. The highest BCUT2D eigenvalue weighted by molar-refractivity contribution is 6.00. The maximum atomic E-state index is 13.6. The second-order valence-electron chi connectivity index (χ2n) is 5.44. The van der Waals surface area contributed by atoms with Crippen molar-refractivity contribution in [3.05, 3.63) is 48.0 Å². The molecule has 0 spiro atoms. The lowest BCUT2D eigenvalue weighted by atomic mass is 10.0. The molecule has 0 fully saturated rings. The molecule has 0 saturated heterocycles. The molecular weight excluding hydrogens is 332 g/mol. The van der Waals surface area contributed by atoms with Crippen molar-refractivity contribution in [1.82, 2.24) is 10.2 Å². The topological polar surface area (TPSA) is 98.5 Å². The number of aromatic hydroxyl groups is 1. The molecule has 1 aromatic heterocycles. The Balaban J connectivity index is 2.11. The molecule has 130 valence electrons. The molecule has 0 bridgehead atoms. The van der Waals surface area contributed by atoms with E-state index in [2.05, 4.69) is 15.5 Å². The zero-order valence-corrected chi connectivity index (χ0v) is 12.9. The quantitative estimate of drug-likeness (QED) is 0.564. The molecule has 4 N–H and O–H groups in total. The van der Waals surface area contributed by atoms with E-state index in [1.54, 1.807) is 24.3 Å². The van der Waals surface area contributed by atoms with Gasteiger partial charge in [-0.3, -0.25) is 0 Å². The zero-order chi connectivity index (χ0) is 18.0. The number of hydrogen-bond donors (Lipinski definition) is 4. The second kappa shape index (κ2) is 6.96. The summed E-state index contributed by atoms with van der Waals surface area (Å²) >= 11 is 0. The van der Waals surface area contributed by atoms with E-state index in [9.17, 15) is 19.0 Å². The van der Waals surface area contributed by atoms with Crippen LogP contribution in [0.2, 0.25) is 0 Å². The summed E-state index contributed by atoms with van der Waals surface area (Å²) in [7, 11) is 0.